The molecule has 0 aromatic heterocycles. The van der Waals surface area contributed by atoms with Crippen LogP contribution in [0.2, 0.25) is 5.02 Å². The Balaban J connectivity index is 1.99. The van der Waals surface area contributed by atoms with E-state index in [1.807, 2.05) is 6.07 Å². The van der Waals surface area contributed by atoms with E-state index < -0.39 is 11.9 Å². The van der Waals surface area contributed by atoms with Crippen LogP contribution < -0.4 is 10.5 Å². The zero-order valence-electron chi connectivity index (χ0n) is 11.0. The van der Waals surface area contributed by atoms with Crippen molar-refractivity contribution >= 4 is 29.6 Å². The summed E-state index contributed by atoms with van der Waals surface area (Å²) in [6, 6.07) is 13.1. The van der Waals surface area contributed by atoms with E-state index in [1.54, 1.807) is 24.3 Å². The van der Waals surface area contributed by atoms with E-state index in [9.17, 15) is 9.59 Å². The van der Waals surface area contributed by atoms with Crippen LogP contribution in [0, 0.1) is 0 Å². The average molecular weight is 302 g/mol. The Bertz CT molecular complexity index is 693. The van der Waals surface area contributed by atoms with Crippen molar-refractivity contribution in [2.45, 2.75) is 0 Å². The first kappa shape index (κ1) is 14.8. The first-order chi connectivity index (χ1) is 10.0. The highest BCUT2D eigenvalue weighted by Crippen LogP contribution is 2.14. The van der Waals surface area contributed by atoms with E-state index in [4.69, 9.17) is 22.1 Å². The maximum Gasteiger partial charge on any atom is 0.336 e. The predicted octanol–water partition coefficient (Wildman–Crippen LogP) is 3.06. The fourth-order valence-corrected chi connectivity index (χ4v) is 1.81. The van der Waals surface area contributed by atoms with Gasteiger partial charge in [-0.1, -0.05) is 23.7 Å². The molecule has 0 unspecified atom stereocenters. The number of carbonyl (C=O) groups is 2. The third kappa shape index (κ3) is 4.47. The SMILES string of the molecule is NC(=O)c1ccc(OC(=O)/C=C/c2cccc(Cl)c2)cc1. The Morgan fingerprint density at radius 3 is 2.43 bits per heavy atom. The zero-order chi connectivity index (χ0) is 15.2. The van der Waals surface area contributed by atoms with Crippen LogP contribution in [-0.4, -0.2) is 11.9 Å². The van der Waals surface area contributed by atoms with Crippen LogP contribution in [0.4, 0.5) is 0 Å². The lowest BCUT2D eigenvalue weighted by molar-refractivity contribution is -0.128. The number of rotatable bonds is 4. The van der Waals surface area contributed by atoms with Crippen LogP contribution >= 0.6 is 11.6 Å². The minimum atomic E-state index is -0.534. The number of amides is 1. The molecule has 2 N–H and O–H groups in total. The molecule has 0 saturated carbocycles. The van der Waals surface area contributed by atoms with Gasteiger partial charge in [-0.3, -0.25) is 4.79 Å². The fraction of sp³-hybridized carbons (Fsp3) is 0. The average Bonchev–Trinajstić information content (AvgIpc) is 2.46. The molecule has 2 rings (SSSR count). The molecule has 0 aliphatic carbocycles. The van der Waals surface area contributed by atoms with Gasteiger partial charge >= 0.3 is 5.97 Å². The van der Waals surface area contributed by atoms with Gasteiger partial charge in [0, 0.05) is 16.7 Å². The first-order valence-electron chi connectivity index (χ1n) is 6.10. The molecule has 4 nitrogen and oxygen atoms in total. The minimum Gasteiger partial charge on any atom is -0.423 e. The minimum absolute atomic E-state index is 0.334. The number of hydrogen-bond donors (Lipinski definition) is 1. The van der Waals surface area contributed by atoms with Crippen molar-refractivity contribution in [2.75, 3.05) is 0 Å². The molecular weight excluding hydrogens is 290 g/mol. The number of ether oxygens (including phenoxy) is 1. The van der Waals surface area contributed by atoms with E-state index in [2.05, 4.69) is 0 Å². The van der Waals surface area contributed by atoms with Gasteiger partial charge in [-0.25, -0.2) is 4.79 Å². The van der Waals surface area contributed by atoms with Gasteiger partial charge in [-0.15, -0.1) is 0 Å². The van der Waals surface area contributed by atoms with Crippen molar-refractivity contribution < 1.29 is 14.3 Å². The van der Waals surface area contributed by atoms with Gasteiger partial charge in [-0.05, 0) is 48.0 Å². The highest BCUT2D eigenvalue weighted by molar-refractivity contribution is 6.30. The molecule has 0 bridgehead atoms. The van der Waals surface area contributed by atoms with Gasteiger partial charge in [0.05, 0.1) is 0 Å². The summed E-state index contributed by atoms with van der Waals surface area (Å²) in [6.07, 6.45) is 2.90. The molecule has 1 amide bonds. The molecule has 0 aliphatic heterocycles. The molecule has 106 valence electrons. The molecule has 0 spiro atoms. The molecule has 2 aromatic rings. The maximum absolute atomic E-state index is 11.7. The summed E-state index contributed by atoms with van der Waals surface area (Å²) in [7, 11) is 0. The Hall–Kier alpha value is -2.59. The third-order valence-electron chi connectivity index (χ3n) is 2.62. The first-order valence-corrected chi connectivity index (χ1v) is 6.48. The number of halogens is 1. The summed E-state index contributed by atoms with van der Waals surface area (Å²) in [5.74, 6) is -0.726. The summed E-state index contributed by atoms with van der Waals surface area (Å²) in [5.41, 5.74) is 6.27. The van der Waals surface area contributed by atoms with Gasteiger partial charge in [0.15, 0.2) is 0 Å². The van der Waals surface area contributed by atoms with E-state index in [0.29, 0.717) is 16.3 Å². The third-order valence-corrected chi connectivity index (χ3v) is 2.85. The Morgan fingerprint density at radius 1 is 1.10 bits per heavy atom. The van der Waals surface area contributed by atoms with Gasteiger partial charge in [0.25, 0.3) is 0 Å². The van der Waals surface area contributed by atoms with Crippen molar-refractivity contribution in [3.8, 4) is 5.75 Å². The molecule has 0 aliphatic rings. The standard InChI is InChI=1S/C16H12ClNO3/c17-13-3-1-2-11(10-13)4-9-15(19)21-14-7-5-12(6-8-14)16(18)20/h1-10H,(H2,18,20)/b9-4+. The quantitative estimate of drug-likeness (QED) is 0.536. The smallest absolute Gasteiger partial charge is 0.336 e. The predicted molar refractivity (Wildman–Crippen MR) is 81.1 cm³/mol. The summed E-state index contributed by atoms with van der Waals surface area (Å²) in [5, 5.41) is 0.590. The second kappa shape index (κ2) is 6.72. The Labute approximate surface area is 126 Å². The lowest BCUT2D eigenvalue weighted by Crippen LogP contribution is -2.10. The van der Waals surface area contributed by atoms with Gasteiger partial charge < -0.3 is 10.5 Å². The number of esters is 1. The van der Waals surface area contributed by atoms with Crippen molar-refractivity contribution in [3.63, 3.8) is 0 Å². The molecular formula is C16H12ClNO3. The highest BCUT2D eigenvalue weighted by atomic mass is 35.5. The number of benzene rings is 2. The molecule has 0 heterocycles. The fourth-order valence-electron chi connectivity index (χ4n) is 1.61. The van der Waals surface area contributed by atoms with E-state index in [0.717, 1.165) is 5.56 Å². The van der Waals surface area contributed by atoms with Crippen LogP contribution in [0.25, 0.3) is 6.08 Å². The topological polar surface area (TPSA) is 69.4 Å². The summed E-state index contributed by atoms with van der Waals surface area (Å²) >= 11 is 5.84. The van der Waals surface area contributed by atoms with Crippen molar-refractivity contribution in [3.05, 3.63) is 70.8 Å². The Kier molecular flexibility index (Phi) is 4.74. The van der Waals surface area contributed by atoms with Crippen molar-refractivity contribution in [1.29, 1.82) is 0 Å². The monoisotopic (exact) mass is 301 g/mol. The summed E-state index contributed by atoms with van der Waals surface area (Å²) < 4.78 is 5.09. The van der Waals surface area contributed by atoms with E-state index >= 15 is 0 Å². The largest absolute Gasteiger partial charge is 0.423 e. The van der Waals surface area contributed by atoms with Crippen LogP contribution in [0.5, 0.6) is 5.75 Å². The molecule has 0 radical (unpaired) electrons. The molecule has 0 fully saturated rings. The molecule has 0 atom stereocenters. The number of carbonyl (C=O) groups excluding carboxylic acids is 2. The summed E-state index contributed by atoms with van der Waals surface area (Å²) in [4.78, 5) is 22.6. The normalized spacial score (nSPS) is 10.5. The number of nitrogens with two attached hydrogens (primary N) is 1. The highest BCUT2D eigenvalue weighted by Gasteiger charge is 2.03. The van der Waals surface area contributed by atoms with E-state index in [-0.39, 0.29) is 0 Å². The van der Waals surface area contributed by atoms with Gasteiger partial charge in [0.1, 0.15) is 5.75 Å². The van der Waals surface area contributed by atoms with Crippen LogP contribution in [0.1, 0.15) is 15.9 Å². The van der Waals surface area contributed by atoms with Crippen molar-refractivity contribution in [2.24, 2.45) is 5.73 Å². The Morgan fingerprint density at radius 2 is 1.81 bits per heavy atom. The lowest BCUT2D eigenvalue weighted by Gasteiger charge is -2.02. The second-order valence-electron chi connectivity index (χ2n) is 4.20. The molecule has 2 aromatic carbocycles. The van der Waals surface area contributed by atoms with Crippen LogP contribution in [0.3, 0.4) is 0 Å². The molecule has 5 heteroatoms. The number of primary amides is 1. The molecule has 21 heavy (non-hydrogen) atoms. The van der Waals surface area contributed by atoms with E-state index in [1.165, 1.54) is 30.3 Å². The van der Waals surface area contributed by atoms with Crippen LogP contribution in [0.15, 0.2) is 54.6 Å². The van der Waals surface area contributed by atoms with Gasteiger partial charge in [0.2, 0.25) is 5.91 Å². The van der Waals surface area contributed by atoms with Crippen LogP contribution in [-0.2, 0) is 4.79 Å². The van der Waals surface area contributed by atoms with Gasteiger partial charge in [-0.2, -0.15) is 0 Å². The second-order valence-corrected chi connectivity index (χ2v) is 4.63. The maximum atomic E-state index is 11.7. The lowest BCUT2D eigenvalue weighted by atomic mass is 10.2. The zero-order valence-corrected chi connectivity index (χ0v) is 11.7. The number of hydrogen-bond acceptors (Lipinski definition) is 3. The van der Waals surface area contributed by atoms with Crippen molar-refractivity contribution in [1.82, 2.24) is 0 Å². The summed E-state index contributed by atoms with van der Waals surface area (Å²) in [6.45, 7) is 0. The molecule has 0 saturated heterocycles.